The van der Waals surface area contributed by atoms with Gasteiger partial charge in [-0.2, -0.15) is 0 Å². The van der Waals surface area contributed by atoms with Crippen LogP contribution in [0.1, 0.15) is 10.4 Å². The van der Waals surface area contributed by atoms with E-state index in [1.165, 1.54) is 17.5 Å². The van der Waals surface area contributed by atoms with Gasteiger partial charge in [-0.15, -0.1) is 11.3 Å². The summed E-state index contributed by atoms with van der Waals surface area (Å²) in [5.74, 6) is 0.437. The Hall–Kier alpha value is -3.39. The van der Waals surface area contributed by atoms with E-state index in [0.717, 1.165) is 11.4 Å². The zero-order valence-electron chi connectivity index (χ0n) is 12.9. The molecule has 122 valence electrons. The van der Waals surface area contributed by atoms with Gasteiger partial charge in [0.2, 0.25) is 0 Å². The average molecular weight is 348 g/mol. The minimum atomic E-state index is -0.258. The summed E-state index contributed by atoms with van der Waals surface area (Å²) in [5.41, 5.74) is 1.96. The molecule has 4 aromatic rings. The highest BCUT2D eigenvalue weighted by Gasteiger charge is 2.11. The van der Waals surface area contributed by atoms with E-state index in [2.05, 4.69) is 25.3 Å². The molecule has 0 saturated heterocycles. The Morgan fingerprint density at radius 2 is 2.04 bits per heavy atom. The van der Waals surface area contributed by atoms with Crippen molar-refractivity contribution in [1.82, 2.24) is 24.5 Å². The molecule has 0 bridgehead atoms. The lowest BCUT2D eigenvalue weighted by Crippen LogP contribution is -2.12. The fourth-order valence-electron chi connectivity index (χ4n) is 2.20. The lowest BCUT2D eigenvalue weighted by Gasteiger charge is -2.04. The topological polar surface area (TPSA) is 85.6 Å². The fourth-order valence-corrected chi connectivity index (χ4v) is 2.90. The van der Waals surface area contributed by atoms with Crippen molar-refractivity contribution < 1.29 is 4.79 Å². The molecule has 1 amide bonds. The molecule has 0 aromatic carbocycles. The van der Waals surface area contributed by atoms with Crippen LogP contribution < -0.4 is 5.32 Å². The van der Waals surface area contributed by atoms with E-state index in [-0.39, 0.29) is 5.91 Å². The molecule has 4 rings (SSSR count). The number of rotatable bonds is 4. The van der Waals surface area contributed by atoms with Crippen molar-refractivity contribution in [1.29, 1.82) is 0 Å². The highest BCUT2D eigenvalue weighted by molar-refractivity contribution is 7.14. The van der Waals surface area contributed by atoms with E-state index < -0.39 is 0 Å². The normalized spacial score (nSPS) is 10.6. The molecule has 0 aliphatic rings. The van der Waals surface area contributed by atoms with Crippen LogP contribution in [0.15, 0.2) is 66.8 Å². The van der Waals surface area contributed by atoms with E-state index in [9.17, 15) is 4.79 Å². The van der Waals surface area contributed by atoms with Gasteiger partial charge in [-0.05, 0) is 24.3 Å². The molecular weight excluding hydrogens is 336 g/mol. The standard InChI is InChI=1S/C17H12N6OS/c24-16(12-4-5-15(20-9-12)23-8-7-18-11-23)22-17-21-14(10-25-17)13-3-1-2-6-19-13/h1-11H,(H,21,22,24). The van der Waals surface area contributed by atoms with E-state index in [4.69, 9.17) is 0 Å². The smallest absolute Gasteiger partial charge is 0.259 e. The molecule has 0 spiro atoms. The largest absolute Gasteiger partial charge is 0.298 e. The second-order valence-corrected chi connectivity index (χ2v) is 5.94. The molecule has 1 N–H and O–H groups in total. The summed E-state index contributed by atoms with van der Waals surface area (Å²) in [5, 5.41) is 5.16. The number of carbonyl (C=O) groups is 1. The molecule has 0 aliphatic carbocycles. The molecule has 0 atom stereocenters. The van der Waals surface area contributed by atoms with Gasteiger partial charge >= 0.3 is 0 Å². The van der Waals surface area contributed by atoms with Crippen molar-refractivity contribution in [3.05, 3.63) is 72.4 Å². The number of hydrogen-bond acceptors (Lipinski definition) is 6. The first kappa shape index (κ1) is 15.2. The minimum absolute atomic E-state index is 0.258. The van der Waals surface area contributed by atoms with Gasteiger partial charge in [0, 0.05) is 30.2 Å². The van der Waals surface area contributed by atoms with Crippen LogP contribution in [0.5, 0.6) is 0 Å². The molecule has 0 radical (unpaired) electrons. The van der Waals surface area contributed by atoms with Gasteiger partial charge in [0.15, 0.2) is 5.13 Å². The first-order chi connectivity index (χ1) is 12.3. The number of nitrogens with one attached hydrogen (secondary N) is 1. The van der Waals surface area contributed by atoms with Gasteiger partial charge in [-0.25, -0.2) is 15.0 Å². The zero-order chi connectivity index (χ0) is 17.1. The van der Waals surface area contributed by atoms with Crippen molar-refractivity contribution >= 4 is 22.4 Å². The Bertz CT molecular complexity index is 980. The molecule has 25 heavy (non-hydrogen) atoms. The van der Waals surface area contributed by atoms with Gasteiger partial charge in [-0.1, -0.05) is 6.07 Å². The van der Waals surface area contributed by atoms with Crippen molar-refractivity contribution in [3.63, 3.8) is 0 Å². The lowest BCUT2D eigenvalue weighted by molar-refractivity contribution is 0.102. The van der Waals surface area contributed by atoms with Crippen molar-refractivity contribution in [2.45, 2.75) is 0 Å². The van der Waals surface area contributed by atoms with E-state index in [1.807, 2.05) is 23.6 Å². The van der Waals surface area contributed by atoms with Gasteiger partial charge < -0.3 is 0 Å². The monoisotopic (exact) mass is 348 g/mol. The summed E-state index contributed by atoms with van der Waals surface area (Å²) in [4.78, 5) is 29.2. The summed E-state index contributed by atoms with van der Waals surface area (Å²) in [6.07, 6.45) is 8.34. The number of pyridine rings is 2. The van der Waals surface area contributed by atoms with Crippen LogP contribution in [-0.2, 0) is 0 Å². The van der Waals surface area contributed by atoms with Crippen molar-refractivity contribution in [2.75, 3.05) is 5.32 Å². The SMILES string of the molecule is O=C(Nc1nc(-c2ccccn2)cs1)c1ccc(-n2ccnc2)nc1. The summed E-state index contributed by atoms with van der Waals surface area (Å²) in [7, 11) is 0. The van der Waals surface area contributed by atoms with Gasteiger partial charge in [0.1, 0.15) is 17.8 Å². The third-order valence-corrected chi connectivity index (χ3v) is 4.19. The predicted octanol–water partition coefficient (Wildman–Crippen LogP) is 3.04. The quantitative estimate of drug-likeness (QED) is 0.613. The maximum absolute atomic E-state index is 12.3. The number of aromatic nitrogens is 5. The summed E-state index contributed by atoms with van der Waals surface area (Å²) >= 11 is 1.35. The molecular formula is C17H12N6OS. The highest BCUT2D eigenvalue weighted by Crippen LogP contribution is 2.23. The third kappa shape index (κ3) is 3.29. The molecule has 7 nitrogen and oxygen atoms in total. The summed E-state index contributed by atoms with van der Waals surface area (Å²) in [6, 6.07) is 9.09. The molecule has 4 heterocycles. The van der Waals surface area contributed by atoms with Crippen LogP contribution in [0, 0.1) is 0 Å². The van der Waals surface area contributed by atoms with Gasteiger partial charge in [0.05, 0.1) is 11.3 Å². The van der Waals surface area contributed by atoms with Crippen LogP contribution in [0.25, 0.3) is 17.2 Å². The number of hydrogen-bond donors (Lipinski definition) is 1. The molecule has 0 fully saturated rings. The molecule has 4 aromatic heterocycles. The number of imidazole rings is 1. The van der Waals surface area contributed by atoms with Crippen LogP contribution in [-0.4, -0.2) is 30.4 Å². The number of thiazole rings is 1. The highest BCUT2D eigenvalue weighted by atomic mass is 32.1. The first-order valence-corrected chi connectivity index (χ1v) is 8.30. The number of carbonyl (C=O) groups excluding carboxylic acids is 1. The zero-order valence-corrected chi connectivity index (χ0v) is 13.7. The molecule has 0 aliphatic heterocycles. The molecule has 8 heteroatoms. The lowest BCUT2D eigenvalue weighted by atomic mass is 10.2. The van der Waals surface area contributed by atoms with Crippen LogP contribution in [0.3, 0.4) is 0 Å². The van der Waals surface area contributed by atoms with Crippen LogP contribution >= 0.6 is 11.3 Å². The van der Waals surface area contributed by atoms with Gasteiger partial charge in [-0.3, -0.25) is 19.7 Å². The fraction of sp³-hybridized carbons (Fsp3) is 0. The Balaban J connectivity index is 1.48. The Kier molecular flexibility index (Phi) is 4.01. The van der Waals surface area contributed by atoms with Crippen LogP contribution in [0.4, 0.5) is 5.13 Å². The third-order valence-electron chi connectivity index (χ3n) is 3.43. The predicted molar refractivity (Wildman–Crippen MR) is 94.7 cm³/mol. The number of nitrogens with zero attached hydrogens (tertiary/aromatic N) is 5. The first-order valence-electron chi connectivity index (χ1n) is 7.42. The molecule has 0 unspecified atom stereocenters. The van der Waals surface area contributed by atoms with Crippen molar-refractivity contribution in [2.24, 2.45) is 0 Å². The second-order valence-electron chi connectivity index (χ2n) is 5.08. The average Bonchev–Trinajstić information content (AvgIpc) is 3.35. The summed E-state index contributed by atoms with van der Waals surface area (Å²) < 4.78 is 1.77. The van der Waals surface area contributed by atoms with E-state index >= 15 is 0 Å². The number of anilines is 1. The number of amides is 1. The van der Waals surface area contributed by atoms with Crippen LogP contribution in [0.2, 0.25) is 0 Å². The summed E-state index contributed by atoms with van der Waals surface area (Å²) in [6.45, 7) is 0. The minimum Gasteiger partial charge on any atom is -0.298 e. The van der Waals surface area contributed by atoms with E-state index in [1.54, 1.807) is 41.6 Å². The Morgan fingerprint density at radius 3 is 2.76 bits per heavy atom. The van der Waals surface area contributed by atoms with E-state index in [0.29, 0.717) is 16.5 Å². The van der Waals surface area contributed by atoms with Gasteiger partial charge in [0.25, 0.3) is 5.91 Å². The van der Waals surface area contributed by atoms with Crippen molar-refractivity contribution in [3.8, 4) is 17.2 Å². The Labute approximate surface area is 147 Å². The maximum atomic E-state index is 12.3. The maximum Gasteiger partial charge on any atom is 0.259 e. The molecule has 0 saturated carbocycles. The second kappa shape index (κ2) is 6.62. The Morgan fingerprint density at radius 1 is 1.08 bits per heavy atom.